The molecule has 0 heterocycles. The molecule has 0 aliphatic heterocycles. The SMILES string of the molecule is Cc1cc(F)cc(SOC(C)(C)C(C)(C)O)c1. The molecule has 0 unspecified atom stereocenters. The van der Waals surface area contributed by atoms with E-state index in [0.29, 0.717) is 4.90 Å². The van der Waals surface area contributed by atoms with Crippen LogP contribution in [-0.2, 0) is 4.18 Å². The van der Waals surface area contributed by atoms with Crippen LogP contribution in [-0.4, -0.2) is 16.3 Å². The van der Waals surface area contributed by atoms with Gasteiger partial charge in [0.1, 0.15) is 11.4 Å². The number of rotatable bonds is 4. The van der Waals surface area contributed by atoms with Gasteiger partial charge in [0.2, 0.25) is 0 Å². The standard InChI is InChI=1S/C13H19FO2S/c1-9-6-10(14)8-11(7-9)17-16-13(4,5)12(2,3)15/h6-8,15H,1-5H3. The minimum Gasteiger partial charge on any atom is -0.387 e. The van der Waals surface area contributed by atoms with E-state index >= 15 is 0 Å². The summed E-state index contributed by atoms with van der Waals surface area (Å²) in [5, 5.41) is 9.92. The summed E-state index contributed by atoms with van der Waals surface area (Å²) < 4.78 is 18.8. The number of benzene rings is 1. The van der Waals surface area contributed by atoms with E-state index in [9.17, 15) is 9.50 Å². The van der Waals surface area contributed by atoms with Crippen LogP contribution in [0.25, 0.3) is 0 Å². The zero-order valence-corrected chi connectivity index (χ0v) is 11.7. The third-order valence-electron chi connectivity index (χ3n) is 2.84. The van der Waals surface area contributed by atoms with Crippen molar-refractivity contribution in [2.75, 3.05) is 0 Å². The van der Waals surface area contributed by atoms with Gasteiger partial charge in [0.25, 0.3) is 0 Å². The highest BCUT2D eigenvalue weighted by Crippen LogP contribution is 2.33. The normalized spacial score (nSPS) is 12.9. The molecule has 0 aliphatic rings. The summed E-state index contributed by atoms with van der Waals surface area (Å²) in [7, 11) is 0. The summed E-state index contributed by atoms with van der Waals surface area (Å²) in [5.74, 6) is -0.280. The average Bonchev–Trinajstić information content (AvgIpc) is 2.11. The molecule has 1 aromatic carbocycles. The predicted octanol–water partition coefficient (Wildman–Crippen LogP) is 3.71. The van der Waals surface area contributed by atoms with E-state index in [2.05, 4.69) is 0 Å². The van der Waals surface area contributed by atoms with Gasteiger partial charge in [-0.2, -0.15) is 0 Å². The molecule has 1 rings (SSSR count). The summed E-state index contributed by atoms with van der Waals surface area (Å²) in [4.78, 5) is 0.694. The van der Waals surface area contributed by atoms with Gasteiger partial charge in [-0.05, 0) is 58.4 Å². The minimum absolute atomic E-state index is 0.280. The molecular formula is C13H19FO2S. The second-order valence-corrected chi connectivity index (χ2v) is 6.01. The van der Waals surface area contributed by atoms with Crippen LogP contribution in [0.4, 0.5) is 4.39 Å². The fraction of sp³-hybridized carbons (Fsp3) is 0.538. The number of aryl methyl sites for hydroxylation is 1. The quantitative estimate of drug-likeness (QED) is 0.835. The fourth-order valence-electron chi connectivity index (χ4n) is 1.01. The second kappa shape index (κ2) is 4.96. The first-order valence-electron chi connectivity index (χ1n) is 5.47. The summed E-state index contributed by atoms with van der Waals surface area (Å²) >= 11 is 1.08. The van der Waals surface area contributed by atoms with E-state index in [1.165, 1.54) is 12.1 Å². The zero-order valence-electron chi connectivity index (χ0n) is 10.9. The first-order valence-corrected chi connectivity index (χ1v) is 6.21. The highest BCUT2D eigenvalue weighted by Gasteiger charge is 2.36. The second-order valence-electron chi connectivity index (χ2n) is 5.20. The molecule has 96 valence electrons. The van der Waals surface area contributed by atoms with Crippen LogP contribution < -0.4 is 0 Å². The maximum absolute atomic E-state index is 13.2. The Bertz CT molecular complexity index is 377. The van der Waals surface area contributed by atoms with E-state index in [4.69, 9.17) is 4.18 Å². The lowest BCUT2D eigenvalue weighted by molar-refractivity contribution is -0.0813. The lowest BCUT2D eigenvalue weighted by Crippen LogP contribution is -2.45. The van der Waals surface area contributed by atoms with E-state index in [1.807, 2.05) is 13.0 Å². The smallest absolute Gasteiger partial charge is 0.124 e. The van der Waals surface area contributed by atoms with Crippen molar-refractivity contribution in [3.05, 3.63) is 29.6 Å². The number of halogens is 1. The van der Waals surface area contributed by atoms with Crippen molar-refractivity contribution in [3.63, 3.8) is 0 Å². The molecule has 0 saturated heterocycles. The Morgan fingerprint density at radius 2 is 1.76 bits per heavy atom. The molecule has 0 aromatic heterocycles. The molecule has 17 heavy (non-hydrogen) atoms. The highest BCUT2D eigenvalue weighted by molar-refractivity contribution is 7.94. The van der Waals surface area contributed by atoms with Gasteiger partial charge in [0.05, 0.1) is 5.60 Å². The molecule has 4 heteroatoms. The Labute approximate surface area is 106 Å². The molecule has 1 aromatic rings. The fourth-order valence-corrected chi connectivity index (χ4v) is 1.91. The maximum atomic E-state index is 13.2. The number of aliphatic hydroxyl groups is 1. The van der Waals surface area contributed by atoms with Gasteiger partial charge in [-0.1, -0.05) is 0 Å². The molecule has 0 bridgehead atoms. The summed E-state index contributed by atoms with van der Waals surface area (Å²) in [5.41, 5.74) is -0.850. The number of hydrogen-bond acceptors (Lipinski definition) is 3. The maximum Gasteiger partial charge on any atom is 0.124 e. The largest absolute Gasteiger partial charge is 0.387 e. The van der Waals surface area contributed by atoms with Crippen molar-refractivity contribution in [3.8, 4) is 0 Å². The lowest BCUT2D eigenvalue weighted by Gasteiger charge is -2.35. The molecule has 0 radical (unpaired) electrons. The minimum atomic E-state index is -0.970. The Balaban J connectivity index is 2.74. The highest BCUT2D eigenvalue weighted by atomic mass is 32.2. The van der Waals surface area contributed by atoms with Crippen molar-refractivity contribution in [1.29, 1.82) is 0 Å². The molecule has 0 amide bonds. The van der Waals surface area contributed by atoms with Crippen LogP contribution >= 0.6 is 12.0 Å². The van der Waals surface area contributed by atoms with Crippen LogP contribution in [0.5, 0.6) is 0 Å². The average molecular weight is 258 g/mol. The monoisotopic (exact) mass is 258 g/mol. The van der Waals surface area contributed by atoms with Crippen molar-refractivity contribution >= 4 is 12.0 Å². The van der Waals surface area contributed by atoms with E-state index in [0.717, 1.165) is 17.6 Å². The van der Waals surface area contributed by atoms with Crippen LogP contribution in [0, 0.1) is 12.7 Å². The van der Waals surface area contributed by atoms with Crippen molar-refractivity contribution in [2.45, 2.75) is 50.7 Å². The van der Waals surface area contributed by atoms with Crippen LogP contribution in [0.15, 0.2) is 23.1 Å². The Kier molecular flexibility index (Phi) is 4.23. The summed E-state index contributed by atoms with van der Waals surface area (Å²) in [6.07, 6.45) is 0. The summed E-state index contributed by atoms with van der Waals surface area (Å²) in [6, 6.07) is 4.72. The first kappa shape index (κ1) is 14.5. The topological polar surface area (TPSA) is 29.5 Å². The van der Waals surface area contributed by atoms with Gasteiger partial charge >= 0.3 is 0 Å². The number of hydrogen-bond donors (Lipinski definition) is 1. The molecule has 1 N–H and O–H groups in total. The lowest BCUT2D eigenvalue weighted by atomic mass is 9.90. The molecule has 0 aliphatic carbocycles. The molecule has 0 atom stereocenters. The van der Waals surface area contributed by atoms with Gasteiger partial charge < -0.3 is 9.29 Å². The van der Waals surface area contributed by atoms with Gasteiger partial charge in [0, 0.05) is 16.9 Å². The Morgan fingerprint density at radius 1 is 1.18 bits per heavy atom. The van der Waals surface area contributed by atoms with Crippen LogP contribution in [0.1, 0.15) is 33.3 Å². The van der Waals surface area contributed by atoms with Gasteiger partial charge in [-0.3, -0.25) is 0 Å². The van der Waals surface area contributed by atoms with Crippen molar-refractivity contribution < 1.29 is 13.7 Å². The van der Waals surface area contributed by atoms with Crippen molar-refractivity contribution in [2.24, 2.45) is 0 Å². The first-order chi connectivity index (χ1) is 7.62. The molecule has 0 saturated carbocycles. The van der Waals surface area contributed by atoms with E-state index in [1.54, 1.807) is 27.7 Å². The van der Waals surface area contributed by atoms with Crippen molar-refractivity contribution in [1.82, 2.24) is 0 Å². The molecule has 2 nitrogen and oxygen atoms in total. The Hall–Kier alpha value is -0.580. The van der Waals surface area contributed by atoms with Crippen LogP contribution in [0.2, 0.25) is 0 Å². The predicted molar refractivity (Wildman–Crippen MR) is 68.5 cm³/mol. The third-order valence-corrected chi connectivity index (χ3v) is 3.76. The van der Waals surface area contributed by atoms with Gasteiger partial charge in [-0.15, -0.1) is 0 Å². The van der Waals surface area contributed by atoms with Gasteiger partial charge in [0.15, 0.2) is 0 Å². The molecule has 0 spiro atoms. The van der Waals surface area contributed by atoms with Gasteiger partial charge in [-0.25, -0.2) is 4.39 Å². The third kappa shape index (κ3) is 3.98. The molecule has 0 fully saturated rings. The van der Waals surface area contributed by atoms with Crippen LogP contribution in [0.3, 0.4) is 0 Å². The summed E-state index contributed by atoms with van der Waals surface area (Å²) in [6.45, 7) is 8.79. The Morgan fingerprint density at radius 3 is 2.24 bits per heavy atom. The van der Waals surface area contributed by atoms with E-state index < -0.39 is 11.2 Å². The molecular weight excluding hydrogens is 239 g/mol. The van der Waals surface area contributed by atoms with E-state index in [-0.39, 0.29) is 5.82 Å². The zero-order chi connectivity index (χ0) is 13.3.